The van der Waals surface area contributed by atoms with Crippen molar-refractivity contribution in [3.8, 4) is 0 Å². The molecule has 0 heterocycles. The molecule has 0 aliphatic heterocycles. The lowest BCUT2D eigenvalue weighted by atomic mass is 10.1. The van der Waals surface area contributed by atoms with Gasteiger partial charge < -0.3 is 10.2 Å². The third-order valence-electron chi connectivity index (χ3n) is 3.62. The fourth-order valence-corrected chi connectivity index (χ4v) is 2.94. The number of nitro benzene ring substituents is 1. The Bertz CT molecular complexity index is 903. The lowest BCUT2D eigenvalue weighted by Gasteiger charge is -2.14. The van der Waals surface area contributed by atoms with E-state index in [0.29, 0.717) is 11.3 Å². The van der Waals surface area contributed by atoms with Crippen LogP contribution in [-0.2, 0) is 9.59 Å². The van der Waals surface area contributed by atoms with Crippen LogP contribution >= 0.6 is 11.8 Å². The second-order valence-electron chi connectivity index (χ2n) is 6.09. The van der Waals surface area contributed by atoms with Crippen LogP contribution in [0.3, 0.4) is 0 Å². The third kappa shape index (κ3) is 7.26. The molecule has 0 saturated carbocycles. The lowest BCUT2D eigenvalue weighted by Crippen LogP contribution is -2.22. The van der Waals surface area contributed by atoms with Crippen molar-refractivity contribution in [1.29, 1.82) is 0 Å². The van der Waals surface area contributed by atoms with Crippen LogP contribution in [0.4, 0.5) is 17.1 Å². The van der Waals surface area contributed by atoms with Gasteiger partial charge in [0.05, 0.1) is 22.6 Å². The molecule has 0 fully saturated rings. The average Bonchev–Trinajstić information content (AvgIpc) is 2.68. The van der Waals surface area contributed by atoms with Crippen molar-refractivity contribution >= 4 is 46.9 Å². The third-order valence-corrected chi connectivity index (χ3v) is 4.55. The van der Waals surface area contributed by atoms with E-state index in [4.69, 9.17) is 0 Å². The van der Waals surface area contributed by atoms with Crippen molar-refractivity contribution in [2.45, 2.75) is 0 Å². The summed E-state index contributed by atoms with van der Waals surface area (Å²) in [4.78, 5) is 35.9. The number of nitro groups is 1. The maximum Gasteiger partial charge on any atom is 0.270 e. The van der Waals surface area contributed by atoms with Crippen molar-refractivity contribution in [3.05, 3.63) is 64.2 Å². The van der Waals surface area contributed by atoms with Crippen LogP contribution in [-0.4, -0.2) is 48.6 Å². The molecule has 2 N–H and O–H groups in total. The van der Waals surface area contributed by atoms with Crippen molar-refractivity contribution in [1.82, 2.24) is 5.43 Å². The number of rotatable bonds is 9. The number of hydrogen-bond acceptors (Lipinski definition) is 7. The van der Waals surface area contributed by atoms with Crippen LogP contribution in [0.5, 0.6) is 0 Å². The van der Waals surface area contributed by atoms with Crippen LogP contribution in [0.15, 0.2) is 53.6 Å². The number of hydrazone groups is 1. The normalized spacial score (nSPS) is 10.6. The summed E-state index contributed by atoms with van der Waals surface area (Å²) < 4.78 is 0. The molecule has 10 heteroatoms. The Labute approximate surface area is 172 Å². The maximum absolute atomic E-state index is 11.9. The molecule has 0 saturated heterocycles. The van der Waals surface area contributed by atoms with Gasteiger partial charge in [0.15, 0.2) is 0 Å². The largest absolute Gasteiger partial charge is 0.377 e. The second-order valence-corrected chi connectivity index (χ2v) is 7.08. The molecule has 2 aromatic rings. The summed E-state index contributed by atoms with van der Waals surface area (Å²) in [5, 5.41) is 17.5. The standard InChI is InChI=1S/C19H21N5O4S/c1-23(2)17-9-8-16(24(27)28)10-14(17)11-20-22-19(26)13-29-12-18(25)21-15-6-4-3-5-7-15/h3-11H,12-13H2,1-2H3,(H,21,25)(H,22,26). The maximum atomic E-state index is 11.9. The first kappa shape index (κ1) is 21.9. The molecule has 0 spiro atoms. The minimum Gasteiger partial charge on any atom is -0.377 e. The number of para-hydroxylation sites is 1. The zero-order chi connectivity index (χ0) is 21.2. The first-order valence-corrected chi connectivity index (χ1v) is 9.72. The fraction of sp³-hybridized carbons (Fsp3) is 0.211. The van der Waals surface area contributed by atoms with E-state index in [2.05, 4.69) is 15.8 Å². The van der Waals surface area contributed by atoms with Gasteiger partial charge in [0.25, 0.3) is 5.69 Å². The number of nitrogens with one attached hydrogen (secondary N) is 2. The first-order chi connectivity index (χ1) is 13.9. The predicted octanol–water partition coefficient (Wildman–Crippen LogP) is 2.48. The molecular weight excluding hydrogens is 394 g/mol. The predicted molar refractivity (Wildman–Crippen MR) is 116 cm³/mol. The summed E-state index contributed by atoms with van der Waals surface area (Å²) in [6.45, 7) is 0. The van der Waals surface area contributed by atoms with E-state index < -0.39 is 4.92 Å². The van der Waals surface area contributed by atoms with E-state index in [1.54, 1.807) is 37.2 Å². The molecule has 0 aliphatic rings. The molecule has 2 amide bonds. The zero-order valence-electron chi connectivity index (χ0n) is 16.0. The minimum absolute atomic E-state index is 0.0506. The summed E-state index contributed by atoms with van der Waals surface area (Å²) in [6, 6.07) is 13.4. The van der Waals surface area contributed by atoms with Gasteiger partial charge in [-0.25, -0.2) is 5.43 Å². The van der Waals surface area contributed by atoms with E-state index >= 15 is 0 Å². The highest BCUT2D eigenvalue weighted by molar-refractivity contribution is 8.00. The first-order valence-electron chi connectivity index (χ1n) is 8.57. The monoisotopic (exact) mass is 415 g/mol. The highest BCUT2D eigenvalue weighted by Crippen LogP contribution is 2.22. The van der Waals surface area contributed by atoms with E-state index in [9.17, 15) is 19.7 Å². The molecule has 0 atom stereocenters. The number of carbonyl (C=O) groups is 2. The highest BCUT2D eigenvalue weighted by atomic mass is 32.2. The van der Waals surface area contributed by atoms with Crippen LogP contribution in [0.1, 0.15) is 5.56 Å². The van der Waals surface area contributed by atoms with Gasteiger partial charge in [-0.2, -0.15) is 5.10 Å². The molecule has 0 aliphatic carbocycles. The summed E-state index contributed by atoms with van der Waals surface area (Å²) in [5.74, 6) is -0.406. The SMILES string of the molecule is CN(C)c1ccc([N+](=O)[O-])cc1C=NNC(=O)CSCC(=O)Nc1ccccc1. The number of benzene rings is 2. The minimum atomic E-state index is -0.494. The molecule has 0 bridgehead atoms. The Morgan fingerprint density at radius 1 is 1.14 bits per heavy atom. The number of anilines is 2. The topological polar surface area (TPSA) is 117 Å². The summed E-state index contributed by atoms with van der Waals surface area (Å²) in [5.41, 5.74) is 4.21. The summed E-state index contributed by atoms with van der Waals surface area (Å²) >= 11 is 1.15. The Hall–Kier alpha value is -3.40. The molecule has 29 heavy (non-hydrogen) atoms. The van der Waals surface area contributed by atoms with Gasteiger partial charge in [0.1, 0.15) is 0 Å². The van der Waals surface area contributed by atoms with Gasteiger partial charge in [-0.3, -0.25) is 19.7 Å². The van der Waals surface area contributed by atoms with E-state index in [1.165, 1.54) is 18.3 Å². The molecular formula is C19H21N5O4S. The smallest absolute Gasteiger partial charge is 0.270 e. The van der Waals surface area contributed by atoms with Crippen LogP contribution in [0.25, 0.3) is 0 Å². The van der Waals surface area contributed by atoms with Gasteiger partial charge in [-0.15, -0.1) is 11.8 Å². The molecule has 0 radical (unpaired) electrons. The number of nitrogens with zero attached hydrogens (tertiary/aromatic N) is 3. The van der Waals surface area contributed by atoms with Crippen molar-refractivity contribution in [2.24, 2.45) is 5.10 Å². The van der Waals surface area contributed by atoms with Gasteiger partial charge in [0, 0.05) is 43.2 Å². The number of hydrogen-bond donors (Lipinski definition) is 2. The van der Waals surface area contributed by atoms with Crippen LogP contribution < -0.4 is 15.6 Å². The Kier molecular flexibility index (Phi) is 8.16. The molecule has 0 aromatic heterocycles. The number of non-ortho nitro benzene ring substituents is 1. The lowest BCUT2D eigenvalue weighted by molar-refractivity contribution is -0.384. The quantitative estimate of drug-likeness (QED) is 0.369. The molecule has 2 rings (SSSR count). The number of carbonyl (C=O) groups excluding carboxylic acids is 2. The van der Waals surface area contributed by atoms with Crippen molar-refractivity contribution in [3.63, 3.8) is 0 Å². The summed E-state index contributed by atoms with van der Waals surface area (Å²) in [6.07, 6.45) is 1.35. The van der Waals surface area contributed by atoms with Crippen LogP contribution in [0.2, 0.25) is 0 Å². The van der Waals surface area contributed by atoms with Gasteiger partial charge in [-0.05, 0) is 18.2 Å². The average molecular weight is 415 g/mol. The van der Waals surface area contributed by atoms with Gasteiger partial charge >= 0.3 is 0 Å². The molecule has 0 unspecified atom stereocenters. The van der Waals surface area contributed by atoms with Gasteiger partial charge in [0.2, 0.25) is 11.8 Å². The Morgan fingerprint density at radius 3 is 2.48 bits per heavy atom. The Balaban J connectivity index is 1.82. The molecule has 2 aromatic carbocycles. The number of amides is 2. The molecule has 9 nitrogen and oxygen atoms in total. The van der Waals surface area contributed by atoms with E-state index in [0.717, 1.165) is 17.4 Å². The molecule has 152 valence electrons. The highest BCUT2D eigenvalue weighted by Gasteiger charge is 2.11. The number of thioether (sulfide) groups is 1. The summed E-state index contributed by atoms with van der Waals surface area (Å²) in [7, 11) is 3.60. The van der Waals surface area contributed by atoms with Gasteiger partial charge in [-0.1, -0.05) is 18.2 Å². The zero-order valence-corrected chi connectivity index (χ0v) is 16.8. The fourth-order valence-electron chi connectivity index (χ4n) is 2.33. The van der Waals surface area contributed by atoms with Crippen LogP contribution in [0, 0.1) is 10.1 Å². The van der Waals surface area contributed by atoms with E-state index in [1.807, 2.05) is 18.2 Å². The van der Waals surface area contributed by atoms with Crippen molar-refractivity contribution in [2.75, 3.05) is 35.8 Å². The second kappa shape index (κ2) is 10.8. The Morgan fingerprint density at radius 2 is 1.83 bits per heavy atom. The van der Waals surface area contributed by atoms with Crippen molar-refractivity contribution < 1.29 is 14.5 Å². The van der Waals surface area contributed by atoms with E-state index in [-0.39, 0.29) is 29.0 Å².